The van der Waals surface area contributed by atoms with Crippen molar-refractivity contribution in [2.24, 2.45) is 0 Å². The van der Waals surface area contributed by atoms with Gasteiger partial charge in [-0.25, -0.2) is 0 Å². The number of hydrogen-bond acceptors (Lipinski definition) is 0. The third-order valence-electron chi connectivity index (χ3n) is 7.06. The Bertz CT molecular complexity index is 768. The summed E-state index contributed by atoms with van der Waals surface area (Å²) in [6, 6.07) is 14.3. The molecule has 2 aromatic rings. The second kappa shape index (κ2) is 12.1. The minimum Gasteiger partial charge on any atom is -0.0561 e. The van der Waals surface area contributed by atoms with E-state index >= 15 is 0 Å². The van der Waals surface area contributed by atoms with Crippen LogP contribution >= 0.6 is 0 Å². The zero-order valence-corrected chi connectivity index (χ0v) is 29.9. The van der Waals surface area contributed by atoms with Crippen molar-refractivity contribution in [2.75, 3.05) is 0 Å². The molecule has 0 aliphatic carbocycles. The first-order valence-electron chi connectivity index (χ1n) is 14.0. The number of benzene rings is 2. The van der Waals surface area contributed by atoms with Gasteiger partial charge >= 0.3 is 0 Å². The standard InChI is InChI=1S/2C18H30.Tb/c2*1-16(2,3)13-10-14(17(4,5)6)12-15(11-13)18(7,8)9;/h2*10-12H,1-9H3;. The van der Waals surface area contributed by atoms with Crippen molar-refractivity contribution in [3.8, 4) is 0 Å². The molecule has 0 atom stereocenters. The monoisotopic (exact) mass is 651 g/mol. The smallest absolute Gasteiger partial charge is 0 e. The molecule has 0 saturated carbocycles. The first kappa shape index (κ1) is 36.7. The molecule has 0 saturated heterocycles. The molecule has 2 rings (SSSR count). The second-order valence-corrected chi connectivity index (χ2v) is 17.1. The van der Waals surface area contributed by atoms with E-state index in [4.69, 9.17) is 0 Å². The third kappa shape index (κ3) is 11.4. The van der Waals surface area contributed by atoms with Gasteiger partial charge in [-0.05, 0) is 65.9 Å². The van der Waals surface area contributed by atoms with Crippen molar-refractivity contribution in [1.29, 1.82) is 0 Å². The molecular formula is C36H60Tb. The van der Waals surface area contributed by atoms with Gasteiger partial charge in [-0.1, -0.05) is 161 Å². The molecule has 2 aromatic carbocycles. The van der Waals surface area contributed by atoms with Crippen LogP contribution in [-0.4, -0.2) is 0 Å². The summed E-state index contributed by atoms with van der Waals surface area (Å²) in [5.41, 5.74) is 9.92. The average Bonchev–Trinajstić information content (AvgIpc) is 2.63. The van der Waals surface area contributed by atoms with Crippen LogP contribution in [0.25, 0.3) is 0 Å². The van der Waals surface area contributed by atoms with Crippen LogP contribution in [0, 0.1) is 38.6 Å². The Balaban J connectivity index is 0.000000682. The Morgan fingerprint density at radius 2 is 0.324 bits per heavy atom. The van der Waals surface area contributed by atoms with Gasteiger partial charge in [0, 0.05) is 38.6 Å². The van der Waals surface area contributed by atoms with Gasteiger partial charge in [0.05, 0.1) is 0 Å². The maximum absolute atomic E-state index is 2.38. The van der Waals surface area contributed by atoms with E-state index in [1.165, 1.54) is 33.4 Å². The van der Waals surface area contributed by atoms with Crippen LogP contribution in [0.4, 0.5) is 0 Å². The Hall–Kier alpha value is -0.274. The third-order valence-corrected chi connectivity index (χ3v) is 7.06. The quantitative estimate of drug-likeness (QED) is 0.266. The van der Waals surface area contributed by atoms with E-state index < -0.39 is 0 Å². The first-order valence-corrected chi connectivity index (χ1v) is 14.0. The summed E-state index contributed by atoms with van der Waals surface area (Å²) in [6.45, 7) is 41.3. The molecule has 213 valence electrons. The Kier molecular flexibility index (Phi) is 12.0. The van der Waals surface area contributed by atoms with E-state index in [1.807, 2.05) is 0 Å². The molecule has 0 bridgehead atoms. The molecule has 1 radical (unpaired) electrons. The molecule has 0 amide bonds. The zero-order valence-electron chi connectivity index (χ0n) is 27.8. The van der Waals surface area contributed by atoms with Crippen molar-refractivity contribution < 1.29 is 38.6 Å². The van der Waals surface area contributed by atoms with E-state index in [1.54, 1.807) is 0 Å². The fraction of sp³-hybridized carbons (Fsp3) is 0.667. The minimum absolute atomic E-state index is 0. The molecule has 0 N–H and O–H groups in total. The van der Waals surface area contributed by atoms with Gasteiger partial charge in [0.15, 0.2) is 0 Å². The van der Waals surface area contributed by atoms with Crippen LogP contribution in [-0.2, 0) is 32.5 Å². The summed E-state index contributed by atoms with van der Waals surface area (Å²) in [7, 11) is 0. The Morgan fingerprint density at radius 1 is 0.243 bits per heavy atom. The predicted octanol–water partition coefficient (Wildman–Crippen LogP) is 11.2. The second-order valence-electron chi connectivity index (χ2n) is 17.1. The van der Waals surface area contributed by atoms with Gasteiger partial charge in [0.2, 0.25) is 0 Å². The molecule has 0 fully saturated rings. The summed E-state index contributed by atoms with van der Waals surface area (Å²) in [5.74, 6) is 0. The molecular weight excluding hydrogens is 591 g/mol. The average molecular weight is 652 g/mol. The maximum atomic E-state index is 2.38. The number of rotatable bonds is 0. The molecule has 37 heavy (non-hydrogen) atoms. The molecule has 0 aliphatic heterocycles. The topological polar surface area (TPSA) is 0 Å². The van der Waals surface area contributed by atoms with Gasteiger partial charge < -0.3 is 0 Å². The summed E-state index contributed by atoms with van der Waals surface area (Å²) >= 11 is 0. The molecule has 0 aromatic heterocycles. The van der Waals surface area contributed by atoms with Crippen molar-refractivity contribution in [1.82, 2.24) is 0 Å². The molecule has 1 heteroatoms. The van der Waals surface area contributed by atoms with E-state index in [2.05, 4.69) is 161 Å². The van der Waals surface area contributed by atoms with Gasteiger partial charge in [0.1, 0.15) is 0 Å². The van der Waals surface area contributed by atoms with Gasteiger partial charge in [-0.2, -0.15) is 0 Å². The van der Waals surface area contributed by atoms with Crippen LogP contribution in [0.5, 0.6) is 0 Å². The van der Waals surface area contributed by atoms with Gasteiger partial charge in [-0.15, -0.1) is 0 Å². The van der Waals surface area contributed by atoms with Crippen LogP contribution < -0.4 is 0 Å². The Labute approximate surface area is 263 Å². The van der Waals surface area contributed by atoms with Crippen molar-refractivity contribution >= 4 is 0 Å². The SMILES string of the molecule is CC(C)(C)c1cc(C(C)(C)C)cc(C(C)(C)C)c1.CC(C)(C)c1cc(C(C)(C)C)cc(C(C)(C)C)c1.[Tb]. The van der Waals surface area contributed by atoms with Gasteiger partial charge in [0.25, 0.3) is 0 Å². The molecule has 0 heterocycles. The minimum atomic E-state index is 0. The fourth-order valence-electron chi connectivity index (χ4n) is 3.85. The zero-order chi connectivity index (χ0) is 28.7. The van der Waals surface area contributed by atoms with E-state index in [0.29, 0.717) is 0 Å². The largest absolute Gasteiger partial charge is 0.0561 e. The van der Waals surface area contributed by atoms with Crippen LogP contribution in [0.1, 0.15) is 158 Å². The van der Waals surface area contributed by atoms with E-state index in [9.17, 15) is 0 Å². The van der Waals surface area contributed by atoms with Crippen LogP contribution in [0.2, 0.25) is 0 Å². The normalized spacial score (nSPS) is 13.5. The van der Waals surface area contributed by atoms with E-state index in [0.717, 1.165) is 0 Å². The maximum Gasteiger partial charge on any atom is 0 e. The summed E-state index contributed by atoms with van der Waals surface area (Å²) in [5, 5.41) is 0. The molecule has 0 unspecified atom stereocenters. The van der Waals surface area contributed by atoms with Crippen molar-refractivity contribution in [3.63, 3.8) is 0 Å². The number of hydrogen-bond donors (Lipinski definition) is 0. The summed E-state index contributed by atoms with van der Waals surface area (Å²) < 4.78 is 0. The van der Waals surface area contributed by atoms with Crippen LogP contribution in [0.3, 0.4) is 0 Å². The first-order chi connectivity index (χ1) is 15.6. The van der Waals surface area contributed by atoms with Gasteiger partial charge in [-0.3, -0.25) is 0 Å². The fourth-order valence-corrected chi connectivity index (χ4v) is 3.85. The molecule has 0 aliphatic rings. The van der Waals surface area contributed by atoms with Crippen LogP contribution in [0.15, 0.2) is 36.4 Å². The predicted molar refractivity (Wildman–Crippen MR) is 165 cm³/mol. The molecule has 0 nitrogen and oxygen atoms in total. The summed E-state index contributed by atoms with van der Waals surface area (Å²) in [6.07, 6.45) is 0. The van der Waals surface area contributed by atoms with Crippen molar-refractivity contribution in [2.45, 2.75) is 157 Å². The van der Waals surface area contributed by atoms with Crippen molar-refractivity contribution in [3.05, 3.63) is 69.8 Å². The molecule has 0 spiro atoms. The summed E-state index contributed by atoms with van der Waals surface area (Å²) in [4.78, 5) is 0. The Morgan fingerprint density at radius 3 is 0.378 bits per heavy atom. The van der Waals surface area contributed by atoms with E-state index in [-0.39, 0.29) is 71.1 Å².